The van der Waals surface area contributed by atoms with Crippen LogP contribution < -0.4 is 16.7 Å². The first kappa shape index (κ1) is 20.9. The third-order valence-electron chi connectivity index (χ3n) is 5.71. The van der Waals surface area contributed by atoms with Gasteiger partial charge in [0, 0.05) is 31.6 Å². The average molecular weight is 434 g/mol. The molecule has 8 nitrogen and oxygen atoms in total. The molecule has 0 saturated heterocycles. The summed E-state index contributed by atoms with van der Waals surface area (Å²) in [6.07, 6.45) is 1.20. The molecule has 3 N–H and O–H groups in total. The number of imidazole rings is 1. The Balaban J connectivity index is 1.72. The van der Waals surface area contributed by atoms with Gasteiger partial charge in [-0.15, -0.1) is 0 Å². The van der Waals surface area contributed by atoms with Crippen molar-refractivity contribution in [1.82, 2.24) is 19.1 Å². The molecule has 0 spiro atoms. The monoisotopic (exact) mass is 434 g/mol. The van der Waals surface area contributed by atoms with Gasteiger partial charge in [-0.3, -0.25) is 13.9 Å². The molecule has 4 rings (SSSR count). The summed E-state index contributed by atoms with van der Waals surface area (Å²) in [5, 5.41) is 2.88. The van der Waals surface area contributed by atoms with Crippen LogP contribution in [0.3, 0.4) is 0 Å². The smallest absolute Gasteiger partial charge is 0.330 e. The second-order valence-electron chi connectivity index (χ2n) is 7.84. The highest BCUT2D eigenvalue weighted by Gasteiger charge is 2.37. The number of aromatic nitrogens is 4. The van der Waals surface area contributed by atoms with Gasteiger partial charge in [0.25, 0.3) is 5.91 Å². The van der Waals surface area contributed by atoms with E-state index in [1.54, 1.807) is 14.0 Å². The lowest BCUT2D eigenvalue weighted by atomic mass is 9.92. The fraction of sp³-hybridized carbons (Fsp3) is 0.400. The third-order valence-corrected chi connectivity index (χ3v) is 5.71. The summed E-state index contributed by atoms with van der Waals surface area (Å²) >= 11 is 0. The molecule has 1 fully saturated rings. The van der Waals surface area contributed by atoms with Crippen LogP contribution in [0.5, 0.6) is 0 Å². The zero-order valence-corrected chi connectivity index (χ0v) is 17.0. The van der Waals surface area contributed by atoms with Crippen molar-refractivity contribution in [1.29, 1.82) is 0 Å². The number of amides is 1. The van der Waals surface area contributed by atoms with Gasteiger partial charge < -0.3 is 11.1 Å². The maximum absolute atomic E-state index is 14.2. The fourth-order valence-corrected chi connectivity index (χ4v) is 3.93. The van der Waals surface area contributed by atoms with E-state index >= 15 is 0 Å². The lowest BCUT2D eigenvalue weighted by Gasteiger charge is -2.28. The number of hydrogen-bond donors (Lipinski definition) is 2. The number of benzene rings is 1. The van der Waals surface area contributed by atoms with Crippen molar-refractivity contribution < 1.29 is 18.0 Å². The minimum absolute atomic E-state index is 0.0994. The number of alkyl halides is 2. The van der Waals surface area contributed by atoms with Crippen molar-refractivity contribution in [3.63, 3.8) is 0 Å². The van der Waals surface area contributed by atoms with Crippen molar-refractivity contribution in [2.24, 2.45) is 12.8 Å². The normalized spacial score (nSPS) is 16.5. The predicted molar refractivity (Wildman–Crippen MR) is 108 cm³/mol. The average Bonchev–Trinajstić information content (AvgIpc) is 2.95. The van der Waals surface area contributed by atoms with Crippen molar-refractivity contribution in [2.75, 3.05) is 5.32 Å². The molecule has 11 heteroatoms. The van der Waals surface area contributed by atoms with Crippen LogP contribution in [-0.2, 0) is 7.05 Å². The second kappa shape index (κ2) is 7.40. The Hall–Kier alpha value is -3.37. The van der Waals surface area contributed by atoms with Crippen molar-refractivity contribution in [3.05, 3.63) is 45.8 Å². The molecule has 0 radical (unpaired) electrons. The van der Waals surface area contributed by atoms with E-state index in [0.717, 1.165) is 6.07 Å². The van der Waals surface area contributed by atoms with Crippen LogP contribution in [0.1, 0.15) is 47.6 Å². The molecule has 0 bridgehead atoms. The summed E-state index contributed by atoms with van der Waals surface area (Å²) in [5.74, 6) is -4.29. The number of carbonyl (C=O) groups excluding carboxylic acids is 1. The Labute approximate surface area is 174 Å². The molecule has 1 amide bonds. The lowest BCUT2D eigenvalue weighted by Crippen LogP contribution is -2.32. The molecule has 0 atom stereocenters. The van der Waals surface area contributed by atoms with Crippen LogP contribution in [0.15, 0.2) is 23.1 Å². The fourth-order valence-electron chi connectivity index (χ4n) is 3.93. The van der Waals surface area contributed by atoms with Crippen LogP contribution in [-0.4, -0.2) is 30.9 Å². The van der Waals surface area contributed by atoms with Crippen LogP contribution in [0.2, 0.25) is 0 Å². The Morgan fingerprint density at radius 2 is 1.97 bits per heavy atom. The molecule has 0 aliphatic heterocycles. The van der Waals surface area contributed by atoms with Gasteiger partial charge in [-0.05, 0) is 37.5 Å². The number of hydrogen-bond acceptors (Lipinski definition) is 5. The van der Waals surface area contributed by atoms with Gasteiger partial charge in [-0.2, -0.15) is 4.98 Å². The summed E-state index contributed by atoms with van der Waals surface area (Å²) in [5.41, 5.74) is 6.21. The molecule has 1 aliphatic carbocycles. The van der Waals surface area contributed by atoms with E-state index in [1.165, 1.54) is 21.4 Å². The molecular formula is C20H21F3N6O2. The highest BCUT2D eigenvalue weighted by atomic mass is 19.3. The first-order valence-electron chi connectivity index (χ1n) is 9.76. The van der Waals surface area contributed by atoms with E-state index in [-0.39, 0.29) is 42.9 Å². The van der Waals surface area contributed by atoms with Crippen molar-refractivity contribution >= 4 is 28.7 Å². The Bertz CT molecular complexity index is 1240. The van der Waals surface area contributed by atoms with Gasteiger partial charge in [0.2, 0.25) is 11.9 Å². The number of halogens is 3. The third kappa shape index (κ3) is 3.75. The van der Waals surface area contributed by atoms with Crippen LogP contribution >= 0.6 is 0 Å². The molecule has 31 heavy (non-hydrogen) atoms. The second-order valence-corrected chi connectivity index (χ2v) is 7.84. The van der Waals surface area contributed by atoms with Crippen molar-refractivity contribution in [3.8, 4) is 0 Å². The van der Waals surface area contributed by atoms with Crippen LogP contribution in [0.4, 0.5) is 24.8 Å². The number of rotatable bonds is 4. The van der Waals surface area contributed by atoms with E-state index in [0.29, 0.717) is 22.4 Å². The summed E-state index contributed by atoms with van der Waals surface area (Å²) < 4.78 is 44.1. The Morgan fingerprint density at radius 3 is 2.61 bits per heavy atom. The van der Waals surface area contributed by atoms with Crippen LogP contribution in [0, 0.1) is 12.7 Å². The number of anilines is 2. The standard InChI is InChI=1S/C20H21F3N6O2/c1-10-7-12(16(24)30)13(21)8-14(10)26-18-25-9-15-17(27-18)29(19(31)28(15)2)11-3-5-20(22,23)6-4-11/h7-9,11H,3-6H2,1-2H3,(H2,24,30)(H,25,26,27). The maximum atomic E-state index is 14.2. The molecular weight excluding hydrogens is 413 g/mol. The van der Waals surface area contributed by atoms with Gasteiger partial charge in [0.1, 0.15) is 11.3 Å². The molecule has 1 aliphatic rings. The summed E-state index contributed by atoms with van der Waals surface area (Å²) in [7, 11) is 1.57. The number of nitrogens with two attached hydrogens (primary N) is 1. The highest BCUT2D eigenvalue weighted by molar-refractivity contribution is 5.94. The SMILES string of the molecule is Cc1cc(C(N)=O)c(F)cc1Nc1ncc2c(n1)n(C1CCC(F)(F)CC1)c(=O)n2C. The molecule has 1 saturated carbocycles. The van der Waals surface area contributed by atoms with Gasteiger partial charge >= 0.3 is 5.69 Å². The quantitative estimate of drug-likeness (QED) is 0.656. The number of nitrogens with one attached hydrogen (secondary N) is 1. The molecule has 2 heterocycles. The maximum Gasteiger partial charge on any atom is 0.330 e. The first-order chi connectivity index (χ1) is 14.6. The van der Waals surface area contributed by atoms with E-state index in [1.807, 2.05) is 0 Å². The van der Waals surface area contributed by atoms with Crippen LogP contribution in [0.25, 0.3) is 11.2 Å². The van der Waals surface area contributed by atoms with E-state index in [9.17, 15) is 22.8 Å². The molecule has 164 valence electrons. The van der Waals surface area contributed by atoms with E-state index in [4.69, 9.17) is 5.73 Å². The minimum atomic E-state index is -2.72. The first-order valence-corrected chi connectivity index (χ1v) is 9.76. The number of primary amides is 1. The van der Waals surface area contributed by atoms with Gasteiger partial charge in [-0.25, -0.2) is 22.9 Å². The molecule has 1 aromatic carbocycles. The highest BCUT2D eigenvalue weighted by Crippen LogP contribution is 2.38. The van der Waals surface area contributed by atoms with E-state index in [2.05, 4.69) is 15.3 Å². The summed E-state index contributed by atoms with van der Waals surface area (Å²) in [6.45, 7) is 1.66. The Kier molecular flexibility index (Phi) is 4.98. The number of carbonyl (C=O) groups is 1. The van der Waals surface area contributed by atoms with E-state index < -0.39 is 23.7 Å². The largest absolute Gasteiger partial charge is 0.366 e. The number of nitrogens with zero attached hydrogens (tertiary/aromatic N) is 4. The number of aryl methyl sites for hydroxylation is 2. The van der Waals surface area contributed by atoms with Crippen molar-refractivity contribution in [2.45, 2.75) is 44.6 Å². The van der Waals surface area contributed by atoms with Gasteiger partial charge in [0.05, 0.1) is 11.8 Å². The molecule has 3 aromatic rings. The number of fused-ring (bicyclic) bond motifs is 1. The topological polar surface area (TPSA) is 108 Å². The molecule has 2 aromatic heterocycles. The zero-order valence-electron chi connectivity index (χ0n) is 17.0. The summed E-state index contributed by atoms with van der Waals surface area (Å²) in [6, 6.07) is 2.04. The lowest BCUT2D eigenvalue weighted by molar-refractivity contribution is -0.0439. The zero-order chi connectivity index (χ0) is 22.5. The van der Waals surface area contributed by atoms with Gasteiger partial charge in [0.15, 0.2) is 5.65 Å². The summed E-state index contributed by atoms with van der Waals surface area (Å²) in [4.78, 5) is 32.7. The Morgan fingerprint density at radius 1 is 1.29 bits per heavy atom. The minimum Gasteiger partial charge on any atom is -0.366 e. The molecule has 0 unspecified atom stereocenters. The van der Waals surface area contributed by atoms with Gasteiger partial charge in [-0.1, -0.05) is 0 Å². The predicted octanol–water partition coefficient (Wildman–Crippen LogP) is 3.17.